The van der Waals surface area contributed by atoms with E-state index in [1.807, 2.05) is 13.8 Å². The Balaban J connectivity index is 1.64. The molecule has 0 saturated heterocycles. The van der Waals surface area contributed by atoms with Crippen molar-refractivity contribution >= 4 is 28.8 Å². The van der Waals surface area contributed by atoms with Gasteiger partial charge in [-0.05, 0) is 55.4 Å². The highest BCUT2D eigenvalue weighted by atomic mass is 16.5. The molecule has 1 aromatic carbocycles. The van der Waals surface area contributed by atoms with Crippen LogP contribution in [0.3, 0.4) is 0 Å². The molecule has 3 N–H and O–H groups in total. The van der Waals surface area contributed by atoms with Gasteiger partial charge in [0.1, 0.15) is 17.4 Å². The summed E-state index contributed by atoms with van der Waals surface area (Å²) in [5, 5.41) is 14.8. The lowest BCUT2D eigenvalue weighted by Crippen LogP contribution is -2.48. The maximum absolute atomic E-state index is 12.2. The Morgan fingerprint density at radius 2 is 1.91 bits per heavy atom. The van der Waals surface area contributed by atoms with Crippen LogP contribution in [-0.2, 0) is 27.2 Å². The largest absolute Gasteiger partial charge is 0.483 e. The molecule has 1 aromatic heterocycles. The Morgan fingerprint density at radius 3 is 2.59 bits per heavy atom. The van der Waals surface area contributed by atoms with E-state index in [1.54, 1.807) is 19.1 Å². The highest BCUT2D eigenvalue weighted by Gasteiger charge is 2.25. The van der Waals surface area contributed by atoms with Gasteiger partial charge in [0.25, 0.3) is 5.91 Å². The van der Waals surface area contributed by atoms with Gasteiger partial charge in [0.05, 0.1) is 11.9 Å². The van der Waals surface area contributed by atoms with Gasteiger partial charge in [-0.1, -0.05) is 20.3 Å². The third-order valence-electron chi connectivity index (χ3n) is 5.78. The summed E-state index contributed by atoms with van der Waals surface area (Å²) in [6, 6.07) is 2.53. The summed E-state index contributed by atoms with van der Waals surface area (Å²) in [5.41, 5.74) is 2.47. The molecule has 0 saturated carbocycles. The molecule has 1 heterocycles. The number of fused-ring (bicyclic) bond motifs is 3. The number of carbonyl (C=O) groups excluding carboxylic acids is 2. The normalized spacial score (nSPS) is 14.5. The Kier molecular flexibility index (Phi) is 7.17. The van der Waals surface area contributed by atoms with E-state index in [9.17, 15) is 24.3 Å². The lowest BCUT2D eigenvalue weighted by atomic mass is 9.99. The molecular formula is C23H28N2O7. The number of amides is 2. The van der Waals surface area contributed by atoms with E-state index in [1.165, 1.54) is 0 Å². The van der Waals surface area contributed by atoms with Gasteiger partial charge in [-0.3, -0.25) is 9.59 Å². The SMILES string of the molecule is CCC(C)C(NC(=O)CNC(=O)COc1cc(C)cc2oc(=O)c3c(c12)CCC3)C(=O)O. The number of carbonyl (C=O) groups is 3. The van der Waals surface area contributed by atoms with Crippen LogP contribution in [0, 0.1) is 12.8 Å². The predicted molar refractivity (Wildman–Crippen MR) is 117 cm³/mol. The first-order valence-electron chi connectivity index (χ1n) is 10.7. The number of aliphatic carboxylic acids is 1. The van der Waals surface area contributed by atoms with Crippen LogP contribution >= 0.6 is 0 Å². The van der Waals surface area contributed by atoms with E-state index in [2.05, 4.69) is 10.6 Å². The number of ether oxygens (including phenoxy) is 1. The summed E-state index contributed by atoms with van der Waals surface area (Å²) in [7, 11) is 0. The second kappa shape index (κ2) is 9.84. The van der Waals surface area contributed by atoms with Crippen molar-refractivity contribution in [3.63, 3.8) is 0 Å². The molecule has 3 rings (SSSR count). The molecule has 1 aliphatic rings. The average molecular weight is 444 g/mol. The van der Waals surface area contributed by atoms with Crippen molar-refractivity contribution in [2.45, 2.75) is 52.5 Å². The fourth-order valence-electron chi connectivity index (χ4n) is 3.90. The molecule has 9 nitrogen and oxygen atoms in total. The number of benzene rings is 1. The fraction of sp³-hybridized carbons (Fsp3) is 0.478. The highest BCUT2D eigenvalue weighted by Crippen LogP contribution is 2.35. The fourth-order valence-corrected chi connectivity index (χ4v) is 3.90. The Morgan fingerprint density at radius 1 is 1.19 bits per heavy atom. The number of carboxylic acid groups (broad SMARTS) is 1. The lowest BCUT2D eigenvalue weighted by molar-refractivity contribution is -0.143. The molecule has 0 bridgehead atoms. The summed E-state index contributed by atoms with van der Waals surface area (Å²) >= 11 is 0. The van der Waals surface area contributed by atoms with Crippen molar-refractivity contribution < 1.29 is 28.6 Å². The van der Waals surface area contributed by atoms with Gasteiger partial charge in [-0.2, -0.15) is 0 Å². The molecule has 2 unspecified atom stereocenters. The minimum absolute atomic E-state index is 0.244. The maximum Gasteiger partial charge on any atom is 0.339 e. The monoisotopic (exact) mass is 444 g/mol. The molecule has 2 aromatic rings. The molecular weight excluding hydrogens is 416 g/mol. The van der Waals surface area contributed by atoms with Gasteiger partial charge in [0.15, 0.2) is 6.61 Å². The van der Waals surface area contributed by atoms with Crippen LogP contribution in [-0.4, -0.2) is 42.1 Å². The van der Waals surface area contributed by atoms with Crippen molar-refractivity contribution in [3.05, 3.63) is 39.2 Å². The lowest BCUT2D eigenvalue weighted by Gasteiger charge is -2.20. The van der Waals surface area contributed by atoms with E-state index in [0.29, 0.717) is 35.1 Å². The van der Waals surface area contributed by atoms with E-state index in [4.69, 9.17) is 9.15 Å². The first-order valence-corrected chi connectivity index (χ1v) is 10.7. The molecule has 1 aliphatic carbocycles. The van der Waals surface area contributed by atoms with Crippen LogP contribution in [0.25, 0.3) is 11.0 Å². The summed E-state index contributed by atoms with van der Waals surface area (Å²) in [6.45, 7) is 4.70. The Labute approximate surface area is 185 Å². The van der Waals surface area contributed by atoms with Gasteiger partial charge in [-0.25, -0.2) is 9.59 Å². The smallest absolute Gasteiger partial charge is 0.339 e. The van der Waals surface area contributed by atoms with E-state index in [0.717, 1.165) is 24.0 Å². The summed E-state index contributed by atoms with van der Waals surface area (Å²) in [6.07, 6.45) is 2.84. The zero-order valence-corrected chi connectivity index (χ0v) is 18.4. The van der Waals surface area contributed by atoms with Crippen molar-refractivity contribution in [3.8, 4) is 5.75 Å². The van der Waals surface area contributed by atoms with Gasteiger partial charge < -0.3 is 24.9 Å². The third-order valence-corrected chi connectivity index (χ3v) is 5.78. The van der Waals surface area contributed by atoms with Crippen molar-refractivity contribution in [1.29, 1.82) is 0 Å². The quantitative estimate of drug-likeness (QED) is 0.501. The summed E-state index contributed by atoms with van der Waals surface area (Å²) < 4.78 is 11.2. The van der Waals surface area contributed by atoms with Gasteiger partial charge >= 0.3 is 11.6 Å². The molecule has 0 aliphatic heterocycles. The Bertz CT molecular complexity index is 1110. The van der Waals surface area contributed by atoms with Crippen molar-refractivity contribution in [2.75, 3.05) is 13.2 Å². The first kappa shape index (κ1) is 23.3. The second-order valence-corrected chi connectivity index (χ2v) is 8.17. The molecule has 0 fully saturated rings. The number of rotatable bonds is 9. The highest BCUT2D eigenvalue weighted by molar-refractivity contribution is 5.90. The van der Waals surface area contributed by atoms with Crippen LogP contribution in [0.15, 0.2) is 21.3 Å². The summed E-state index contributed by atoms with van der Waals surface area (Å²) in [4.78, 5) is 47.8. The third kappa shape index (κ3) is 5.09. The average Bonchev–Trinajstić information content (AvgIpc) is 3.23. The van der Waals surface area contributed by atoms with Crippen LogP contribution in [0.1, 0.15) is 43.4 Å². The van der Waals surface area contributed by atoms with E-state index in [-0.39, 0.29) is 24.7 Å². The molecule has 2 atom stereocenters. The topological polar surface area (TPSA) is 135 Å². The van der Waals surface area contributed by atoms with Gasteiger partial charge in [0, 0.05) is 5.56 Å². The number of nitrogens with one attached hydrogen (secondary N) is 2. The van der Waals surface area contributed by atoms with Crippen LogP contribution in [0.5, 0.6) is 5.75 Å². The van der Waals surface area contributed by atoms with Gasteiger partial charge in [0.2, 0.25) is 5.91 Å². The number of hydrogen-bond acceptors (Lipinski definition) is 6. The summed E-state index contributed by atoms with van der Waals surface area (Å²) in [5.74, 6) is -2.03. The number of carboxylic acids is 1. The zero-order chi connectivity index (χ0) is 23.4. The minimum Gasteiger partial charge on any atom is -0.483 e. The molecule has 0 radical (unpaired) electrons. The number of aryl methyl sites for hydroxylation is 2. The molecule has 9 heteroatoms. The zero-order valence-electron chi connectivity index (χ0n) is 18.4. The first-order chi connectivity index (χ1) is 15.2. The standard InChI is InChI=1S/C23H28N2O7/c1-4-13(3)21(22(28)29)25-18(26)10-24-19(27)11-31-16-8-12(2)9-17-20(16)14-6-5-7-15(14)23(30)32-17/h8-9,13,21H,4-7,10-11H2,1-3H3,(H,24,27)(H,25,26)(H,28,29). The van der Waals surface area contributed by atoms with E-state index < -0.39 is 23.8 Å². The van der Waals surface area contributed by atoms with Crippen LogP contribution in [0.2, 0.25) is 0 Å². The molecule has 32 heavy (non-hydrogen) atoms. The van der Waals surface area contributed by atoms with Crippen molar-refractivity contribution in [1.82, 2.24) is 10.6 Å². The van der Waals surface area contributed by atoms with Crippen LogP contribution < -0.4 is 21.0 Å². The predicted octanol–water partition coefficient (Wildman–Crippen LogP) is 1.70. The van der Waals surface area contributed by atoms with Gasteiger partial charge in [-0.15, -0.1) is 0 Å². The molecule has 172 valence electrons. The minimum atomic E-state index is -1.12. The Hall–Kier alpha value is -3.36. The number of hydrogen-bond donors (Lipinski definition) is 3. The maximum atomic E-state index is 12.2. The van der Waals surface area contributed by atoms with Crippen molar-refractivity contribution in [2.24, 2.45) is 5.92 Å². The molecule has 0 spiro atoms. The van der Waals surface area contributed by atoms with Crippen LogP contribution in [0.4, 0.5) is 0 Å². The van der Waals surface area contributed by atoms with E-state index >= 15 is 0 Å². The molecule has 2 amide bonds. The second-order valence-electron chi connectivity index (χ2n) is 8.17.